The Labute approximate surface area is 113 Å². The fraction of sp³-hybridized carbons (Fsp3) is 0.692. The van der Waals surface area contributed by atoms with Crippen LogP contribution in [0.25, 0.3) is 0 Å². The minimum absolute atomic E-state index is 0.300. The van der Waals surface area contributed by atoms with Crippen molar-refractivity contribution in [1.29, 1.82) is 0 Å². The molecule has 19 heavy (non-hydrogen) atoms. The number of carbonyl (C=O) groups excluding carboxylic acids is 1. The highest BCUT2D eigenvalue weighted by Gasteiger charge is 2.34. The summed E-state index contributed by atoms with van der Waals surface area (Å²) in [5.41, 5.74) is -0.699. The third kappa shape index (κ3) is 3.70. The molecule has 1 saturated carbocycles. The van der Waals surface area contributed by atoms with Crippen LogP contribution in [-0.2, 0) is 6.54 Å². The number of anilines is 1. The summed E-state index contributed by atoms with van der Waals surface area (Å²) in [5, 5.41) is 19.5. The van der Waals surface area contributed by atoms with Gasteiger partial charge in [0.15, 0.2) is 0 Å². The number of rotatable bonds is 5. The minimum atomic E-state index is -0.699. The van der Waals surface area contributed by atoms with Crippen LogP contribution in [-0.4, -0.2) is 33.1 Å². The van der Waals surface area contributed by atoms with Crippen molar-refractivity contribution in [2.24, 2.45) is 5.92 Å². The summed E-state index contributed by atoms with van der Waals surface area (Å²) in [6.07, 6.45) is 4.22. The topological polar surface area (TPSA) is 79.2 Å². The van der Waals surface area contributed by atoms with E-state index < -0.39 is 5.60 Å². The van der Waals surface area contributed by atoms with Gasteiger partial charge in [-0.1, -0.05) is 13.8 Å². The molecular formula is C13H22N4O2. The quantitative estimate of drug-likeness (QED) is 0.757. The summed E-state index contributed by atoms with van der Waals surface area (Å²) < 4.78 is 1.77. The minimum Gasteiger partial charge on any atom is -0.388 e. The van der Waals surface area contributed by atoms with Gasteiger partial charge in [-0.25, -0.2) is 9.48 Å². The molecule has 0 unspecified atom stereocenters. The van der Waals surface area contributed by atoms with Gasteiger partial charge in [0.2, 0.25) is 0 Å². The second-order valence-electron chi connectivity index (χ2n) is 5.68. The van der Waals surface area contributed by atoms with Crippen LogP contribution < -0.4 is 10.6 Å². The Balaban J connectivity index is 1.83. The Kier molecular flexibility index (Phi) is 4.09. The summed E-state index contributed by atoms with van der Waals surface area (Å²) in [5.74, 6) is 1.13. The molecule has 1 heterocycles. The van der Waals surface area contributed by atoms with E-state index in [1.807, 2.05) is 0 Å². The first-order valence-corrected chi connectivity index (χ1v) is 6.77. The molecule has 3 N–H and O–H groups in total. The fourth-order valence-corrected chi connectivity index (χ4v) is 2.10. The molecule has 0 spiro atoms. The van der Waals surface area contributed by atoms with Gasteiger partial charge in [-0.2, -0.15) is 5.10 Å². The predicted octanol–water partition coefficient (Wildman–Crippen LogP) is 1.58. The molecule has 2 rings (SSSR count). The SMILES string of the molecule is CC(C)Cn1nccc1NC(=O)NCC1(O)CCC1. The fourth-order valence-electron chi connectivity index (χ4n) is 2.10. The average molecular weight is 266 g/mol. The average Bonchev–Trinajstić information content (AvgIpc) is 2.70. The Bertz CT molecular complexity index is 438. The third-order valence-electron chi connectivity index (χ3n) is 3.36. The Morgan fingerprint density at radius 2 is 2.32 bits per heavy atom. The molecule has 2 amide bonds. The number of nitrogens with one attached hydrogen (secondary N) is 2. The number of aromatic nitrogens is 2. The maximum Gasteiger partial charge on any atom is 0.320 e. The van der Waals surface area contributed by atoms with E-state index in [0.29, 0.717) is 18.3 Å². The Hall–Kier alpha value is -1.56. The molecule has 106 valence electrons. The van der Waals surface area contributed by atoms with Crippen molar-refractivity contribution in [2.45, 2.75) is 45.3 Å². The van der Waals surface area contributed by atoms with E-state index in [9.17, 15) is 9.90 Å². The van der Waals surface area contributed by atoms with E-state index in [1.54, 1.807) is 16.9 Å². The molecule has 0 aliphatic heterocycles. The summed E-state index contributed by atoms with van der Waals surface area (Å²) in [4.78, 5) is 11.8. The molecule has 0 aromatic carbocycles. The van der Waals surface area contributed by atoms with E-state index in [2.05, 4.69) is 29.6 Å². The standard InChI is InChI=1S/C13H22N4O2/c1-10(2)8-17-11(4-7-15-17)16-12(18)14-9-13(19)5-3-6-13/h4,7,10,19H,3,5-6,8-9H2,1-2H3,(H2,14,16,18). The molecule has 6 nitrogen and oxygen atoms in total. The van der Waals surface area contributed by atoms with Crippen LogP contribution in [0.5, 0.6) is 0 Å². The second kappa shape index (κ2) is 5.61. The van der Waals surface area contributed by atoms with Gasteiger partial charge in [0, 0.05) is 19.2 Å². The lowest BCUT2D eigenvalue weighted by atomic mass is 9.80. The van der Waals surface area contributed by atoms with Gasteiger partial charge < -0.3 is 10.4 Å². The molecule has 0 saturated heterocycles. The summed E-state index contributed by atoms with van der Waals surface area (Å²) in [6, 6.07) is 1.46. The zero-order chi connectivity index (χ0) is 13.9. The largest absolute Gasteiger partial charge is 0.388 e. The van der Waals surface area contributed by atoms with E-state index in [0.717, 1.165) is 25.8 Å². The van der Waals surface area contributed by atoms with Crippen LogP contribution in [0.3, 0.4) is 0 Å². The van der Waals surface area contributed by atoms with Gasteiger partial charge in [-0.15, -0.1) is 0 Å². The van der Waals surface area contributed by atoms with Crippen LogP contribution in [0.15, 0.2) is 12.3 Å². The lowest BCUT2D eigenvalue weighted by Crippen LogP contribution is -2.48. The first-order valence-electron chi connectivity index (χ1n) is 6.77. The van der Waals surface area contributed by atoms with Gasteiger partial charge in [-0.3, -0.25) is 5.32 Å². The van der Waals surface area contributed by atoms with Gasteiger partial charge >= 0.3 is 6.03 Å². The van der Waals surface area contributed by atoms with Gasteiger partial charge in [0.1, 0.15) is 5.82 Å². The number of amides is 2. The Morgan fingerprint density at radius 3 is 2.89 bits per heavy atom. The van der Waals surface area contributed by atoms with Crippen LogP contribution in [0.2, 0.25) is 0 Å². The summed E-state index contributed by atoms with van der Waals surface area (Å²) in [7, 11) is 0. The number of aliphatic hydroxyl groups is 1. The zero-order valence-corrected chi connectivity index (χ0v) is 11.5. The third-order valence-corrected chi connectivity index (χ3v) is 3.36. The number of urea groups is 1. The number of carbonyl (C=O) groups is 1. The van der Waals surface area contributed by atoms with Crippen molar-refractivity contribution in [2.75, 3.05) is 11.9 Å². The van der Waals surface area contributed by atoms with Crippen LogP contribution in [0.4, 0.5) is 10.6 Å². The number of hydrogen-bond donors (Lipinski definition) is 3. The van der Waals surface area contributed by atoms with Crippen molar-refractivity contribution in [3.05, 3.63) is 12.3 Å². The molecule has 0 bridgehead atoms. The summed E-state index contributed by atoms with van der Waals surface area (Å²) >= 11 is 0. The molecular weight excluding hydrogens is 244 g/mol. The van der Waals surface area contributed by atoms with E-state index in [4.69, 9.17) is 0 Å². The van der Waals surface area contributed by atoms with Gasteiger partial charge in [0.25, 0.3) is 0 Å². The lowest BCUT2D eigenvalue weighted by Gasteiger charge is -2.36. The van der Waals surface area contributed by atoms with Crippen molar-refractivity contribution < 1.29 is 9.90 Å². The molecule has 1 aliphatic rings. The van der Waals surface area contributed by atoms with E-state index in [1.165, 1.54) is 0 Å². The van der Waals surface area contributed by atoms with Crippen molar-refractivity contribution >= 4 is 11.8 Å². The van der Waals surface area contributed by atoms with Crippen molar-refractivity contribution in [3.8, 4) is 0 Å². The number of hydrogen-bond acceptors (Lipinski definition) is 3. The molecule has 0 atom stereocenters. The first-order chi connectivity index (χ1) is 8.98. The normalized spacial score (nSPS) is 17.1. The van der Waals surface area contributed by atoms with E-state index in [-0.39, 0.29) is 6.03 Å². The zero-order valence-electron chi connectivity index (χ0n) is 11.5. The Morgan fingerprint density at radius 1 is 1.58 bits per heavy atom. The molecule has 0 radical (unpaired) electrons. The van der Waals surface area contributed by atoms with Crippen molar-refractivity contribution in [1.82, 2.24) is 15.1 Å². The van der Waals surface area contributed by atoms with E-state index >= 15 is 0 Å². The highest BCUT2D eigenvalue weighted by Crippen LogP contribution is 2.30. The van der Waals surface area contributed by atoms with Crippen LogP contribution in [0.1, 0.15) is 33.1 Å². The lowest BCUT2D eigenvalue weighted by molar-refractivity contribution is -0.0287. The maximum absolute atomic E-state index is 11.8. The van der Waals surface area contributed by atoms with Crippen LogP contribution >= 0.6 is 0 Å². The number of nitrogens with zero attached hydrogens (tertiary/aromatic N) is 2. The van der Waals surface area contributed by atoms with Gasteiger partial charge in [0.05, 0.1) is 11.8 Å². The molecule has 1 aromatic rings. The second-order valence-corrected chi connectivity index (χ2v) is 5.68. The molecule has 6 heteroatoms. The van der Waals surface area contributed by atoms with Gasteiger partial charge in [-0.05, 0) is 25.2 Å². The van der Waals surface area contributed by atoms with Crippen molar-refractivity contribution in [3.63, 3.8) is 0 Å². The summed E-state index contributed by atoms with van der Waals surface area (Å²) in [6.45, 7) is 5.25. The molecule has 1 fully saturated rings. The monoisotopic (exact) mass is 266 g/mol. The highest BCUT2D eigenvalue weighted by atomic mass is 16.3. The van der Waals surface area contributed by atoms with Crippen LogP contribution in [0, 0.1) is 5.92 Å². The highest BCUT2D eigenvalue weighted by molar-refractivity contribution is 5.88. The molecule has 1 aromatic heterocycles. The predicted molar refractivity (Wildman–Crippen MR) is 72.9 cm³/mol. The smallest absolute Gasteiger partial charge is 0.320 e. The molecule has 1 aliphatic carbocycles. The first kappa shape index (κ1) is 13.9. The maximum atomic E-state index is 11.8.